The molecule has 0 bridgehead atoms. The van der Waals surface area contributed by atoms with Gasteiger partial charge in [0, 0.05) is 20.0 Å². The molecule has 0 saturated carbocycles. The molecule has 8 nitrogen and oxygen atoms in total. The molecule has 0 aliphatic carbocycles. The first-order valence-electron chi connectivity index (χ1n) is 10.4. The van der Waals surface area contributed by atoms with E-state index in [2.05, 4.69) is 0 Å². The molecule has 0 radical (unpaired) electrons. The molecule has 0 atom stereocenters. The Morgan fingerprint density at radius 2 is 1.91 bits per heavy atom. The second-order valence-corrected chi connectivity index (χ2v) is 7.54. The summed E-state index contributed by atoms with van der Waals surface area (Å²) in [6.07, 6.45) is 1.49. The summed E-state index contributed by atoms with van der Waals surface area (Å²) in [4.78, 5) is 40.3. The zero-order valence-electron chi connectivity index (χ0n) is 18.3. The van der Waals surface area contributed by atoms with E-state index in [0.29, 0.717) is 43.4 Å². The summed E-state index contributed by atoms with van der Waals surface area (Å²) in [5.41, 5.74) is 0.669. The zero-order valence-corrected chi connectivity index (χ0v) is 18.3. The van der Waals surface area contributed by atoms with Gasteiger partial charge in [0.2, 0.25) is 11.7 Å². The molecule has 9 heteroatoms. The van der Waals surface area contributed by atoms with E-state index in [1.54, 1.807) is 23.1 Å². The fraction of sp³-hybridized carbons (Fsp3) is 0.292. The first-order valence-corrected chi connectivity index (χ1v) is 10.4. The van der Waals surface area contributed by atoms with Crippen molar-refractivity contribution in [2.24, 2.45) is 0 Å². The predicted octanol–water partition coefficient (Wildman–Crippen LogP) is 2.66. The Hall–Kier alpha value is -3.72. The molecule has 0 unspecified atom stereocenters. The minimum Gasteiger partial charge on any atom is -0.493 e. The average Bonchev–Trinajstić information content (AvgIpc) is 3.11. The molecule has 2 amide bonds. The van der Waals surface area contributed by atoms with Crippen LogP contribution in [-0.2, 0) is 14.3 Å². The molecule has 2 aromatic rings. The van der Waals surface area contributed by atoms with Gasteiger partial charge in [0.25, 0.3) is 5.91 Å². The molecular formula is C24H23FN2O6. The highest BCUT2D eigenvalue weighted by Crippen LogP contribution is 2.38. The van der Waals surface area contributed by atoms with Crippen LogP contribution in [-0.4, -0.2) is 62.5 Å². The van der Waals surface area contributed by atoms with Crippen molar-refractivity contribution in [3.05, 3.63) is 59.0 Å². The molecular weight excluding hydrogens is 431 g/mol. The summed E-state index contributed by atoms with van der Waals surface area (Å²) >= 11 is 0. The molecule has 172 valence electrons. The first-order chi connectivity index (χ1) is 15.9. The lowest BCUT2D eigenvalue weighted by Gasteiger charge is -2.26. The second kappa shape index (κ2) is 9.41. The normalized spacial score (nSPS) is 16.7. The fourth-order valence-corrected chi connectivity index (χ4v) is 3.85. The number of nitrogens with zero attached hydrogens (tertiary/aromatic N) is 2. The molecule has 0 N–H and O–H groups in total. The number of fused-ring (bicyclic) bond motifs is 1. The van der Waals surface area contributed by atoms with Crippen molar-refractivity contribution in [2.75, 3.05) is 44.9 Å². The van der Waals surface area contributed by atoms with Crippen molar-refractivity contribution in [2.45, 2.75) is 6.92 Å². The van der Waals surface area contributed by atoms with Gasteiger partial charge in [0.1, 0.15) is 5.82 Å². The molecule has 1 fully saturated rings. The lowest BCUT2D eigenvalue weighted by molar-refractivity contribution is -0.137. The lowest BCUT2D eigenvalue weighted by Crippen LogP contribution is -2.43. The van der Waals surface area contributed by atoms with E-state index in [0.717, 1.165) is 0 Å². The number of anilines is 1. The summed E-state index contributed by atoms with van der Waals surface area (Å²) < 4.78 is 30.6. The molecule has 2 aliphatic heterocycles. The van der Waals surface area contributed by atoms with Crippen LogP contribution in [0.1, 0.15) is 22.8 Å². The van der Waals surface area contributed by atoms with Crippen LogP contribution in [0.3, 0.4) is 0 Å². The lowest BCUT2D eigenvalue weighted by atomic mass is 10.1. The Labute approximate surface area is 190 Å². The van der Waals surface area contributed by atoms with Crippen molar-refractivity contribution in [3.63, 3.8) is 0 Å². The minimum atomic E-state index is -0.682. The summed E-state index contributed by atoms with van der Waals surface area (Å²) in [5.74, 6) is -1.11. The maximum Gasteiger partial charge on any atom is 0.260 e. The number of methoxy groups -OCH3 is 1. The third kappa shape index (κ3) is 4.45. The number of benzene rings is 2. The maximum absolute atomic E-state index is 14.3. The smallest absolute Gasteiger partial charge is 0.260 e. The third-order valence-corrected chi connectivity index (χ3v) is 5.45. The molecule has 2 aliphatic rings. The van der Waals surface area contributed by atoms with Crippen molar-refractivity contribution in [1.29, 1.82) is 0 Å². The Kier molecular flexibility index (Phi) is 6.41. The third-order valence-electron chi connectivity index (χ3n) is 5.45. The van der Waals surface area contributed by atoms with Gasteiger partial charge < -0.3 is 19.1 Å². The molecule has 1 saturated heterocycles. The van der Waals surface area contributed by atoms with Gasteiger partial charge in [-0.15, -0.1) is 0 Å². The van der Waals surface area contributed by atoms with Crippen LogP contribution < -0.4 is 14.4 Å². The largest absolute Gasteiger partial charge is 0.493 e. The highest BCUT2D eigenvalue weighted by atomic mass is 19.1. The van der Waals surface area contributed by atoms with Gasteiger partial charge in [-0.2, -0.15) is 0 Å². The number of carbonyl (C=O) groups is 3. The van der Waals surface area contributed by atoms with E-state index in [-0.39, 0.29) is 29.5 Å². The van der Waals surface area contributed by atoms with Crippen LogP contribution in [0, 0.1) is 5.82 Å². The number of Topliss-reactive ketones (excluding diaryl/α,β-unsaturated/α-hetero) is 1. The van der Waals surface area contributed by atoms with Gasteiger partial charge in [-0.05, 0) is 35.9 Å². The van der Waals surface area contributed by atoms with E-state index in [1.165, 1.54) is 43.2 Å². The fourth-order valence-electron chi connectivity index (χ4n) is 3.85. The number of hydrogen-bond donors (Lipinski definition) is 0. The molecule has 33 heavy (non-hydrogen) atoms. The number of rotatable bonds is 5. The van der Waals surface area contributed by atoms with Gasteiger partial charge >= 0.3 is 0 Å². The average molecular weight is 454 g/mol. The van der Waals surface area contributed by atoms with Gasteiger partial charge in [0.05, 0.1) is 37.3 Å². The van der Waals surface area contributed by atoms with Gasteiger partial charge in [-0.25, -0.2) is 4.39 Å². The van der Waals surface area contributed by atoms with E-state index >= 15 is 0 Å². The van der Waals surface area contributed by atoms with E-state index in [4.69, 9.17) is 14.2 Å². The van der Waals surface area contributed by atoms with E-state index in [1.807, 2.05) is 0 Å². The van der Waals surface area contributed by atoms with Crippen molar-refractivity contribution < 1.29 is 33.0 Å². The number of hydrogen-bond acceptors (Lipinski definition) is 6. The standard InChI is InChI=1S/C24H23FN2O6/c1-15(28)27-18-5-3-4-17(25)23(18)24(30)19(27)12-16-6-7-20(21(13-16)31-2)33-14-22(29)26-8-10-32-11-9-26/h3-7,12-13H,8-11,14H2,1-2H3. The first kappa shape index (κ1) is 22.5. The summed E-state index contributed by atoms with van der Waals surface area (Å²) in [6, 6.07) is 9.06. The number of amides is 2. The number of halogens is 1. The number of ether oxygens (including phenoxy) is 3. The highest BCUT2D eigenvalue weighted by molar-refractivity contribution is 6.26. The summed E-state index contributed by atoms with van der Waals surface area (Å²) in [5, 5.41) is 0. The van der Waals surface area contributed by atoms with Gasteiger partial charge in [-0.3, -0.25) is 19.3 Å². The molecule has 0 aromatic heterocycles. The van der Waals surface area contributed by atoms with Crippen molar-refractivity contribution >= 4 is 29.4 Å². The summed E-state index contributed by atoms with van der Waals surface area (Å²) in [7, 11) is 1.46. The number of morpholine rings is 1. The van der Waals surface area contributed by atoms with Crippen molar-refractivity contribution in [3.8, 4) is 11.5 Å². The van der Waals surface area contributed by atoms with Crippen LogP contribution in [0.4, 0.5) is 10.1 Å². The Morgan fingerprint density at radius 3 is 2.61 bits per heavy atom. The molecule has 2 aromatic carbocycles. The minimum absolute atomic E-state index is 0.0424. The topological polar surface area (TPSA) is 85.4 Å². The SMILES string of the molecule is COc1cc(C=C2C(=O)c3c(F)cccc3N2C(C)=O)ccc1OCC(=O)N1CCOCC1. The number of carbonyl (C=O) groups excluding carboxylic acids is 3. The number of allylic oxidation sites excluding steroid dienone is 1. The van der Waals surface area contributed by atoms with Crippen LogP contribution >= 0.6 is 0 Å². The van der Waals surface area contributed by atoms with Crippen LogP contribution in [0.5, 0.6) is 11.5 Å². The van der Waals surface area contributed by atoms with Gasteiger partial charge in [0.15, 0.2) is 18.1 Å². The van der Waals surface area contributed by atoms with Crippen LogP contribution in [0.15, 0.2) is 42.1 Å². The molecule has 2 heterocycles. The van der Waals surface area contributed by atoms with E-state index in [9.17, 15) is 18.8 Å². The monoisotopic (exact) mass is 454 g/mol. The van der Waals surface area contributed by atoms with Crippen LogP contribution in [0.25, 0.3) is 6.08 Å². The summed E-state index contributed by atoms with van der Waals surface area (Å²) in [6.45, 7) is 3.21. The second-order valence-electron chi connectivity index (χ2n) is 7.54. The Bertz CT molecular complexity index is 1140. The van der Waals surface area contributed by atoms with Crippen LogP contribution in [0.2, 0.25) is 0 Å². The predicted molar refractivity (Wildman–Crippen MR) is 118 cm³/mol. The zero-order chi connectivity index (χ0) is 23.5. The quantitative estimate of drug-likeness (QED) is 0.646. The Balaban J connectivity index is 1.57. The number of ketones is 1. The molecule has 0 spiro atoms. The van der Waals surface area contributed by atoms with Gasteiger partial charge in [-0.1, -0.05) is 12.1 Å². The van der Waals surface area contributed by atoms with Crippen molar-refractivity contribution in [1.82, 2.24) is 4.90 Å². The van der Waals surface area contributed by atoms with E-state index < -0.39 is 17.5 Å². The Morgan fingerprint density at radius 1 is 1.15 bits per heavy atom. The maximum atomic E-state index is 14.3. The molecule has 4 rings (SSSR count). The highest BCUT2D eigenvalue weighted by Gasteiger charge is 2.37.